The number of rotatable bonds is 6. The van der Waals surface area contributed by atoms with E-state index < -0.39 is 0 Å². The van der Waals surface area contributed by atoms with Crippen LogP contribution in [0.15, 0.2) is 59.5 Å². The maximum Gasteiger partial charge on any atom is 0.257 e. The minimum atomic E-state index is -0.336. The standard InChI is InChI=1S/C26H29FN2O2S/c1-17(11-12-18-7-3-2-4-8-18)28-25(30)20-13-14-23-22(15-20)29-26(31)24(32-23)16-19-9-5-6-10-21(19)27/h2-10,16-17,20,22-23H,11-15H2,1H3,(H,28,30)(H,29,31)/b24-16+. The van der Waals surface area contributed by atoms with Gasteiger partial charge in [0.1, 0.15) is 5.82 Å². The number of halogens is 1. The van der Waals surface area contributed by atoms with E-state index in [1.807, 2.05) is 25.1 Å². The van der Waals surface area contributed by atoms with Crippen LogP contribution in [0.25, 0.3) is 6.08 Å². The van der Waals surface area contributed by atoms with Crippen molar-refractivity contribution in [3.63, 3.8) is 0 Å². The van der Waals surface area contributed by atoms with Crippen molar-refractivity contribution in [3.8, 4) is 0 Å². The number of hydrogen-bond acceptors (Lipinski definition) is 3. The van der Waals surface area contributed by atoms with Gasteiger partial charge in [0.25, 0.3) is 5.91 Å². The number of fused-ring (bicyclic) bond motifs is 1. The number of hydrogen-bond donors (Lipinski definition) is 2. The molecule has 0 radical (unpaired) electrons. The average Bonchev–Trinajstić information content (AvgIpc) is 2.80. The Morgan fingerprint density at radius 3 is 2.72 bits per heavy atom. The van der Waals surface area contributed by atoms with Crippen molar-refractivity contribution in [2.75, 3.05) is 0 Å². The van der Waals surface area contributed by atoms with Gasteiger partial charge < -0.3 is 10.6 Å². The molecule has 1 aliphatic heterocycles. The van der Waals surface area contributed by atoms with Crippen molar-refractivity contribution >= 4 is 29.7 Å². The van der Waals surface area contributed by atoms with Crippen molar-refractivity contribution < 1.29 is 14.0 Å². The Hall–Kier alpha value is -2.60. The first kappa shape index (κ1) is 22.6. The van der Waals surface area contributed by atoms with Crippen LogP contribution < -0.4 is 10.6 Å². The molecule has 4 atom stereocenters. The molecule has 2 aromatic rings. The fourth-order valence-corrected chi connectivity index (χ4v) is 5.71. The molecule has 2 aromatic carbocycles. The molecule has 2 amide bonds. The molecule has 4 rings (SSSR count). The van der Waals surface area contributed by atoms with Crippen LogP contribution in [0, 0.1) is 11.7 Å². The maximum absolute atomic E-state index is 14.0. The summed E-state index contributed by atoms with van der Waals surface area (Å²) in [5.41, 5.74) is 1.69. The summed E-state index contributed by atoms with van der Waals surface area (Å²) < 4.78 is 14.0. The molecule has 1 heterocycles. The number of carbonyl (C=O) groups is 2. The van der Waals surface area contributed by atoms with Crippen molar-refractivity contribution in [3.05, 3.63) is 76.4 Å². The second-order valence-electron chi connectivity index (χ2n) is 8.71. The molecule has 168 valence electrons. The number of amides is 2. The fourth-order valence-electron chi connectivity index (χ4n) is 4.42. The molecule has 1 saturated carbocycles. The van der Waals surface area contributed by atoms with E-state index in [1.54, 1.807) is 24.3 Å². The topological polar surface area (TPSA) is 58.2 Å². The van der Waals surface area contributed by atoms with Gasteiger partial charge in [-0.25, -0.2) is 4.39 Å². The van der Waals surface area contributed by atoms with E-state index in [0.29, 0.717) is 16.9 Å². The van der Waals surface area contributed by atoms with Gasteiger partial charge in [0.2, 0.25) is 5.91 Å². The highest BCUT2D eigenvalue weighted by Crippen LogP contribution is 2.40. The lowest BCUT2D eigenvalue weighted by molar-refractivity contribution is -0.127. The Kier molecular flexibility index (Phi) is 7.30. The third-order valence-electron chi connectivity index (χ3n) is 6.27. The lowest BCUT2D eigenvalue weighted by atomic mass is 9.84. The summed E-state index contributed by atoms with van der Waals surface area (Å²) in [6.45, 7) is 2.05. The van der Waals surface area contributed by atoms with Crippen LogP contribution in [0.4, 0.5) is 4.39 Å². The summed E-state index contributed by atoms with van der Waals surface area (Å²) in [5.74, 6) is -0.529. The van der Waals surface area contributed by atoms with Crippen molar-refractivity contribution in [1.29, 1.82) is 0 Å². The lowest BCUT2D eigenvalue weighted by Gasteiger charge is -2.39. The first-order valence-corrected chi connectivity index (χ1v) is 12.2. The summed E-state index contributed by atoms with van der Waals surface area (Å²) in [5, 5.41) is 6.44. The zero-order valence-corrected chi connectivity index (χ0v) is 19.0. The lowest BCUT2D eigenvalue weighted by Crippen LogP contribution is -2.52. The molecule has 1 saturated heterocycles. The van der Waals surface area contributed by atoms with E-state index in [-0.39, 0.29) is 40.9 Å². The van der Waals surface area contributed by atoms with Gasteiger partial charge in [-0.2, -0.15) is 0 Å². The third-order valence-corrected chi connectivity index (χ3v) is 7.69. The van der Waals surface area contributed by atoms with Crippen molar-refractivity contribution in [2.24, 2.45) is 5.92 Å². The van der Waals surface area contributed by atoms with Crippen LogP contribution >= 0.6 is 11.8 Å². The summed E-state index contributed by atoms with van der Waals surface area (Å²) >= 11 is 1.51. The molecule has 0 spiro atoms. The normalized spacial score (nSPS) is 25.0. The molecular weight excluding hydrogens is 423 g/mol. The van der Waals surface area contributed by atoms with Gasteiger partial charge in [0.15, 0.2) is 0 Å². The van der Waals surface area contributed by atoms with E-state index in [2.05, 4.69) is 22.8 Å². The SMILES string of the molecule is CC(CCc1ccccc1)NC(=O)C1CCC2S/C(=C/c3ccccc3F)C(=O)NC2C1. The number of aryl methyl sites for hydroxylation is 1. The van der Waals surface area contributed by atoms with E-state index >= 15 is 0 Å². The number of carbonyl (C=O) groups excluding carboxylic acids is 2. The summed E-state index contributed by atoms with van der Waals surface area (Å²) in [6.07, 6.45) is 5.74. The van der Waals surface area contributed by atoms with E-state index in [1.165, 1.54) is 23.4 Å². The van der Waals surface area contributed by atoms with Gasteiger partial charge in [-0.15, -0.1) is 11.8 Å². The summed E-state index contributed by atoms with van der Waals surface area (Å²) in [7, 11) is 0. The van der Waals surface area contributed by atoms with Crippen LogP contribution in [0.5, 0.6) is 0 Å². The molecule has 0 aromatic heterocycles. The number of nitrogens with one attached hydrogen (secondary N) is 2. The average molecular weight is 453 g/mol. The molecule has 4 nitrogen and oxygen atoms in total. The molecule has 2 fully saturated rings. The Balaban J connectivity index is 1.30. The molecule has 2 N–H and O–H groups in total. The van der Waals surface area contributed by atoms with Crippen LogP contribution in [0.2, 0.25) is 0 Å². The second-order valence-corrected chi connectivity index (χ2v) is 9.99. The molecule has 32 heavy (non-hydrogen) atoms. The molecule has 4 unspecified atom stereocenters. The molecule has 2 aliphatic rings. The van der Waals surface area contributed by atoms with E-state index in [0.717, 1.165) is 25.7 Å². The fraction of sp³-hybridized carbons (Fsp3) is 0.385. The van der Waals surface area contributed by atoms with Gasteiger partial charge in [-0.3, -0.25) is 9.59 Å². The third kappa shape index (κ3) is 5.60. The largest absolute Gasteiger partial charge is 0.353 e. The van der Waals surface area contributed by atoms with Gasteiger partial charge in [-0.1, -0.05) is 48.5 Å². The van der Waals surface area contributed by atoms with Crippen molar-refractivity contribution in [2.45, 2.75) is 56.4 Å². The highest BCUT2D eigenvalue weighted by molar-refractivity contribution is 8.04. The first-order chi connectivity index (χ1) is 15.5. The molecule has 6 heteroatoms. The first-order valence-electron chi connectivity index (χ1n) is 11.3. The van der Waals surface area contributed by atoms with Crippen molar-refractivity contribution in [1.82, 2.24) is 10.6 Å². The van der Waals surface area contributed by atoms with Crippen LogP contribution in [0.3, 0.4) is 0 Å². The summed E-state index contributed by atoms with van der Waals surface area (Å²) in [4.78, 5) is 26.0. The van der Waals surface area contributed by atoms with Gasteiger partial charge in [-0.05, 0) is 56.7 Å². The Bertz CT molecular complexity index is 994. The smallest absolute Gasteiger partial charge is 0.257 e. The summed E-state index contributed by atoms with van der Waals surface area (Å²) in [6, 6.07) is 16.8. The van der Waals surface area contributed by atoms with Crippen LogP contribution in [-0.4, -0.2) is 29.1 Å². The minimum absolute atomic E-state index is 0.0330. The minimum Gasteiger partial charge on any atom is -0.353 e. The highest BCUT2D eigenvalue weighted by atomic mass is 32.2. The second kappa shape index (κ2) is 10.3. The van der Waals surface area contributed by atoms with Gasteiger partial charge in [0.05, 0.1) is 4.91 Å². The number of thioether (sulfide) groups is 1. The molecule has 0 bridgehead atoms. The quantitative estimate of drug-likeness (QED) is 0.625. The zero-order valence-electron chi connectivity index (χ0n) is 18.2. The highest BCUT2D eigenvalue weighted by Gasteiger charge is 2.39. The Morgan fingerprint density at radius 1 is 1.19 bits per heavy atom. The van der Waals surface area contributed by atoms with Crippen LogP contribution in [-0.2, 0) is 16.0 Å². The Morgan fingerprint density at radius 2 is 1.94 bits per heavy atom. The number of benzene rings is 2. The van der Waals surface area contributed by atoms with Crippen LogP contribution in [0.1, 0.15) is 43.7 Å². The monoisotopic (exact) mass is 452 g/mol. The van der Waals surface area contributed by atoms with Gasteiger partial charge >= 0.3 is 0 Å². The molecular formula is C26H29FN2O2S. The molecule has 1 aliphatic carbocycles. The maximum atomic E-state index is 14.0. The van der Waals surface area contributed by atoms with E-state index in [9.17, 15) is 14.0 Å². The van der Waals surface area contributed by atoms with E-state index in [4.69, 9.17) is 0 Å². The van der Waals surface area contributed by atoms with Gasteiger partial charge in [0, 0.05) is 28.8 Å². The predicted octanol–water partition coefficient (Wildman–Crippen LogP) is 4.70. The predicted molar refractivity (Wildman–Crippen MR) is 127 cm³/mol. The Labute approximate surface area is 193 Å². The zero-order chi connectivity index (χ0) is 22.5.